The summed E-state index contributed by atoms with van der Waals surface area (Å²) in [6.45, 7) is -9.77. The van der Waals surface area contributed by atoms with Crippen LogP contribution in [0.3, 0.4) is 0 Å². The third-order valence-electron chi connectivity index (χ3n) is 7.49. The fourth-order valence-electron chi connectivity index (χ4n) is 5.44. The monoisotopic (exact) mass is 777 g/mol. The van der Waals surface area contributed by atoms with Crippen LogP contribution >= 0.6 is 60.6 Å². The van der Waals surface area contributed by atoms with Gasteiger partial charge in [0.2, 0.25) is 5.28 Å². The number of hydrogen-bond acceptors (Lipinski definition) is 14. The molecule has 248 valence electrons. The van der Waals surface area contributed by atoms with Gasteiger partial charge in [0, 0.05) is 0 Å². The maximum atomic E-state index is 16.0. The standard InChI is InChI=1S/C22H21Cl3FN7O9P2S2/c23-7-1-9-10(2-8(7)24)33(22(25)31-9)21-15(34)17-12(40-21)4-38-43(35,45)41-16-11(3-37-44(36,46)42-17)39-20(13(16)26)32-6-30-14-18(27)28-5-29-19(14)32/h1-2,5-6,11-13,15-17,20-21,34H,3-4H2,(H,35,45)(H,36,46)(H2,27,28,29). The predicted octanol–water partition coefficient (Wildman–Crippen LogP) is 3.98. The summed E-state index contributed by atoms with van der Waals surface area (Å²) in [7, 11) is 0. The number of halogens is 4. The highest BCUT2D eigenvalue weighted by molar-refractivity contribution is 8.44. The number of fused-ring (bicyclic) bond motifs is 4. The molecule has 4 aromatic rings. The summed E-state index contributed by atoms with van der Waals surface area (Å²) in [4.78, 5) is 27.3. The van der Waals surface area contributed by atoms with E-state index in [1.54, 1.807) is 0 Å². The molecule has 0 spiro atoms. The lowest BCUT2D eigenvalue weighted by molar-refractivity contribution is -0.0568. The van der Waals surface area contributed by atoms with E-state index in [4.69, 9.17) is 79.9 Å². The lowest BCUT2D eigenvalue weighted by Crippen LogP contribution is -2.38. The van der Waals surface area contributed by atoms with Gasteiger partial charge in [0.05, 0.1) is 40.6 Å². The third-order valence-corrected chi connectivity index (χ3v) is 11.7. The molecule has 0 amide bonds. The van der Waals surface area contributed by atoms with Crippen LogP contribution < -0.4 is 5.73 Å². The summed E-state index contributed by atoms with van der Waals surface area (Å²) in [6, 6.07) is 2.95. The molecular formula is C22H21Cl3FN7O9P2S2. The SMILES string of the molecule is Nc1ncnc2c1ncn2C1OC2COP(O)(=S)OC3C(COP(=O)(S)OC2C1F)OC(n1c(Cl)nc2cc(Cl)c(Cl)cc21)C3O. The van der Waals surface area contributed by atoms with Gasteiger partial charge in [-0.3, -0.25) is 22.7 Å². The van der Waals surface area contributed by atoms with E-state index < -0.39 is 75.9 Å². The molecule has 4 N–H and O–H groups in total. The smallest absolute Gasteiger partial charge is 0.386 e. The Hall–Kier alpha value is -1.25. The molecule has 0 radical (unpaired) electrons. The van der Waals surface area contributed by atoms with Gasteiger partial charge in [0.25, 0.3) is 0 Å². The van der Waals surface area contributed by atoms with E-state index in [0.717, 1.165) is 0 Å². The minimum absolute atomic E-state index is 0.0588. The molecule has 3 saturated heterocycles. The van der Waals surface area contributed by atoms with Crippen LogP contribution in [0.15, 0.2) is 24.8 Å². The van der Waals surface area contributed by atoms with Crippen molar-refractivity contribution in [1.82, 2.24) is 29.1 Å². The van der Waals surface area contributed by atoms with Crippen LogP contribution in [-0.4, -0.2) is 89.0 Å². The summed E-state index contributed by atoms with van der Waals surface area (Å²) in [5.74, 6) is 0.0588. The first-order chi connectivity index (χ1) is 21.7. The second-order valence-electron chi connectivity index (χ2n) is 10.3. The van der Waals surface area contributed by atoms with Crippen LogP contribution in [0.4, 0.5) is 10.2 Å². The summed E-state index contributed by atoms with van der Waals surface area (Å²) < 4.78 is 66.2. The quantitative estimate of drug-likeness (QED) is 0.168. The lowest BCUT2D eigenvalue weighted by Gasteiger charge is -2.29. The average molecular weight is 779 g/mol. The van der Waals surface area contributed by atoms with Crippen molar-refractivity contribution in [3.8, 4) is 0 Å². The Morgan fingerprint density at radius 3 is 2.52 bits per heavy atom. The summed E-state index contributed by atoms with van der Waals surface area (Å²) in [5.41, 5.74) is 6.89. The van der Waals surface area contributed by atoms with Gasteiger partial charge in [-0.1, -0.05) is 35.5 Å². The lowest BCUT2D eigenvalue weighted by atomic mass is 10.1. The second kappa shape index (κ2) is 12.3. The zero-order valence-corrected chi connectivity index (χ0v) is 28.4. The van der Waals surface area contributed by atoms with E-state index in [0.29, 0.717) is 11.0 Å². The highest BCUT2D eigenvalue weighted by Gasteiger charge is 2.53. The van der Waals surface area contributed by atoms with E-state index in [1.807, 2.05) is 0 Å². The van der Waals surface area contributed by atoms with Gasteiger partial charge in [-0.05, 0) is 35.5 Å². The molecule has 0 aliphatic carbocycles. The molecule has 3 fully saturated rings. The maximum Gasteiger partial charge on any atom is 0.386 e. The Balaban J connectivity index is 1.18. The fourth-order valence-corrected chi connectivity index (χ4v) is 8.96. The minimum atomic E-state index is -4.37. The van der Waals surface area contributed by atoms with Crippen LogP contribution in [0.25, 0.3) is 22.2 Å². The first-order valence-corrected chi connectivity index (χ1v) is 19.5. The molecule has 7 rings (SSSR count). The summed E-state index contributed by atoms with van der Waals surface area (Å²) >= 11 is 28.0. The Kier molecular flexibility index (Phi) is 8.87. The van der Waals surface area contributed by atoms with Crippen LogP contribution in [0.1, 0.15) is 12.5 Å². The van der Waals surface area contributed by atoms with Gasteiger partial charge < -0.3 is 29.7 Å². The molecule has 0 saturated carbocycles. The molecule has 46 heavy (non-hydrogen) atoms. The van der Waals surface area contributed by atoms with Crippen LogP contribution in [0.5, 0.6) is 0 Å². The molecule has 3 aromatic heterocycles. The number of aromatic nitrogens is 6. The molecule has 24 heteroatoms. The van der Waals surface area contributed by atoms with Gasteiger partial charge in [-0.25, -0.2) is 28.9 Å². The normalized spacial score (nSPS) is 37.2. The largest absolute Gasteiger partial charge is 0.386 e. The predicted molar refractivity (Wildman–Crippen MR) is 168 cm³/mol. The van der Waals surface area contributed by atoms with Gasteiger partial charge in [-0.2, -0.15) is 0 Å². The number of benzene rings is 1. The zero-order valence-electron chi connectivity index (χ0n) is 22.6. The topological polar surface area (TPSA) is 200 Å². The number of nitrogens with two attached hydrogens (primary N) is 1. The molecule has 6 heterocycles. The number of aliphatic hydroxyl groups excluding tert-OH is 1. The zero-order chi connectivity index (χ0) is 32.7. The van der Waals surface area contributed by atoms with Crippen molar-refractivity contribution in [2.75, 3.05) is 18.9 Å². The Bertz CT molecular complexity index is 1950. The first-order valence-electron chi connectivity index (χ1n) is 13.1. The Morgan fingerprint density at radius 2 is 1.74 bits per heavy atom. The van der Waals surface area contributed by atoms with Crippen LogP contribution in [-0.2, 0) is 43.9 Å². The molecular weight excluding hydrogens is 758 g/mol. The van der Waals surface area contributed by atoms with Crippen LogP contribution in [0, 0.1) is 0 Å². The average Bonchev–Trinajstić information content (AvgIpc) is 3.71. The van der Waals surface area contributed by atoms with Gasteiger partial charge in [-0.15, -0.1) is 0 Å². The Labute approximate surface area is 283 Å². The first kappa shape index (κ1) is 33.3. The molecule has 16 nitrogen and oxygen atoms in total. The number of alkyl halides is 1. The highest BCUT2D eigenvalue weighted by atomic mass is 35.5. The van der Waals surface area contributed by atoms with E-state index in [-0.39, 0.29) is 32.3 Å². The van der Waals surface area contributed by atoms with Gasteiger partial charge in [0.15, 0.2) is 30.1 Å². The molecule has 0 bridgehead atoms. The van der Waals surface area contributed by atoms with E-state index in [9.17, 15) is 14.6 Å². The van der Waals surface area contributed by atoms with Crippen molar-refractivity contribution in [2.24, 2.45) is 0 Å². The van der Waals surface area contributed by atoms with E-state index in [2.05, 4.69) is 32.2 Å². The number of nitrogens with zero attached hydrogens (tertiary/aromatic N) is 6. The van der Waals surface area contributed by atoms with Crippen molar-refractivity contribution in [1.29, 1.82) is 0 Å². The molecule has 1 aromatic carbocycles. The van der Waals surface area contributed by atoms with Crippen molar-refractivity contribution >= 4 is 100 Å². The molecule has 10 atom stereocenters. The number of aliphatic hydroxyl groups is 1. The van der Waals surface area contributed by atoms with Crippen molar-refractivity contribution in [2.45, 2.75) is 49.1 Å². The minimum Gasteiger partial charge on any atom is -0.386 e. The summed E-state index contributed by atoms with van der Waals surface area (Å²) in [6.07, 6.45) is -9.49. The number of anilines is 1. The van der Waals surface area contributed by atoms with Gasteiger partial charge >= 0.3 is 13.5 Å². The highest BCUT2D eigenvalue weighted by Crippen LogP contribution is 2.58. The van der Waals surface area contributed by atoms with Crippen molar-refractivity contribution in [3.63, 3.8) is 0 Å². The molecule has 3 aliphatic rings. The van der Waals surface area contributed by atoms with E-state index in [1.165, 1.54) is 33.9 Å². The maximum absolute atomic E-state index is 16.0. The van der Waals surface area contributed by atoms with Crippen LogP contribution in [0.2, 0.25) is 15.3 Å². The number of imidazole rings is 2. The number of hydrogen-bond donors (Lipinski definition) is 4. The fraction of sp³-hybridized carbons (Fsp3) is 0.455. The second-order valence-corrected chi connectivity index (χ2v) is 17.1. The van der Waals surface area contributed by atoms with Crippen molar-refractivity contribution < 1.29 is 46.5 Å². The number of ether oxygens (including phenoxy) is 2. The molecule has 3 aliphatic heterocycles. The van der Waals surface area contributed by atoms with Gasteiger partial charge in [0.1, 0.15) is 42.4 Å². The molecule has 10 unspecified atom stereocenters. The Morgan fingerprint density at radius 1 is 1.04 bits per heavy atom. The third kappa shape index (κ3) is 5.97. The van der Waals surface area contributed by atoms with E-state index >= 15 is 4.39 Å². The van der Waals surface area contributed by atoms with Crippen molar-refractivity contribution in [3.05, 3.63) is 40.1 Å². The number of thiol groups is 1. The number of rotatable bonds is 2. The number of nitrogen functional groups attached to an aromatic ring is 1. The summed E-state index contributed by atoms with van der Waals surface area (Å²) in [5, 5.41) is 11.7.